The maximum atomic E-state index is 8.64. The van der Waals surface area contributed by atoms with Gasteiger partial charge in [0.15, 0.2) is 0 Å². The van der Waals surface area contributed by atoms with E-state index in [-0.39, 0.29) is 0 Å². The zero-order valence-corrected chi connectivity index (χ0v) is 9.51. The van der Waals surface area contributed by atoms with Crippen molar-refractivity contribution in [1.29, 1.82) is 5.26 Å². The second-order valence-corrected chi connectivity index (χ2v) is 3.76. The minimum absolute atomic E-state index is 0.469. The highest BCUT2D eigenvalue weighted by molar-refractivity contribution is 6.32. The Labute approximate surface area is 94.7 Å². The van der Waals surface area contributed by atoms with Crippen LogP contribution in [0.5, 0.6) is 5.75 Å². The third kappa shape index (κ3) is 3.65. The molecule has 0 bridgehead atoms. The second kappa shape index (κ2) is 5.43. The van der Waals surface area contributed by atoms with Crippen LogP contribution in [0.25, 0.3) is 0 Å². The van der Waals surface area contributed by atoms with Crippen molar-refractivity contribution in [3.05, 3.63) is 40.4 Å². The van der Waals surface area contributed by atoms with E-state index in [0.29, 0.717) is 22.9 Å². The third-order valence-corrected chi connectivity index (χ3v) is 2.09. The van der Waals surface area contributed by atoms with Crippen LogP contribution in [0.3, 0.4) is 0 Å². The average Bonchev–Trinajstić information content (AvgIpc) is 2.20. The Kier molecular flexibility index (Phi) is 4.20. The normalized spacial score (nSPS) is 9.20. The van der Waals surface area contributed by atoms with Gasteiger partial charge in [0.05, 0.1) is 16.7 Å². The molecule has 3 heteroatoms. The van der Waals surface area contributed by atoms with E-state index in [2.05, 4.69) is 0 Å². The largest absolute Gasteiger partial charge is 0.488 e. The molecule has 0 atom stereocenters. The first-order valence-electron chi connectivity index (χ1n) is 4.59. The fourth-order valence-electron chi connectivity index (χ4n) is 0.986. The van der Waals surface area contributed by atoms with Gasteiger partial charge in [0, 0.05) is 0 Å². The standard InChI is InChI=1S/C12H12ClNO/c1-9(2)5-6-15-12-4-3-10(8-14)7-11(12)13/h3-5,7H,6H2,1-2H3. The quantitative estimate of drug-likeness (QED) is 0.732. The third-order valence-electron chi connectivity index (χ3n) is 1.79. The van der Waals surface area contributed by atoms with Gasteiger partial charge in [0.2, 0.25) is 0 Å². The van der Waals surface area contributed by atoms with Gasteiger partial charge < -0.3 is 4.74 Å². The first kappa shape index (κ1) is 11.6. The van der Waals surface area contributed by atoms with Crippen molar-refractivity contribution in [2.24, 2.45) is 0 Å². The molecule has 0 N–H and O–H groups in total. The minimum Gasteiger partial charge on any atom is -0.488 e. The molecule has 0 fully saturated rings. The van der Waals surface area contributed by atoms with E-state index in [1.165, 1.54) is 5.57 Å². The van der Waals surface area contributed by atoms with Gasteiger partial charge in [-0.05, 0) is 38.1 Å². The number of rotatable bonds is 3. The highest BCUT2D eigenvalue weighted by Crippen LogP contribution is 2.25. The predicted molar refractivity (Wildman–Crippen MR) is 61.1 cm³/mol. The van der Waals surface area contributed by atoms with Crippen LogP contribution in [-0.4, -0.2) is 6.61 Å². The summed E-state index contributed by atoms with van der Waals surface area (Å²) in [5.41, 5.74) is 1.73. The van der Waals surface area contributed by atoms with E-state index in [4.69, 9.17) is 21.6 Å². The zero-order valence-electron chi connectivity index (χ0n) is 8.75. The Balaban J connectivity index is 2.71. The second-order valence-electron chi connectivity index (χ2n) is 3.35. The molecule has 0 heterocycles. The predicted octanol–water partition coefficient (Wildman–Crippen LogP) is 3.56. The summed E-state index contributed by atoms with van der Waals surface area (Å²) in [7, 11) is 0. The molecule has 2 nitrogen and oxygen atoms in total. The molecule has 0 aliphatic heterocycles. The molecule has 0 spiro atoms. The number of benzene rings is 1. The molecular weight excluding hydrogens is 210 g/mol. The van der Waals surface area contributed by atoms with E-state index in [9.17, 15) is 0 Å². The van der Waals surface area contributed by atoms with Crippen LogP contribution < -0.4 is 4.74 Å². The van der Waals surface area contributed by atoms with Crippen molar-refractivity contribution in [2.75, 3.05) is 6.61 Å². The number of hydrogen-bond donors (Lipinski definition) is 0. The van der Waals surface area contributed by atoms with Crippen LogP contribution in [0.2, 0.25) is 5.02 Å². The van der Waals surface area contributed by atoms with Gasteiger partial charge in [-0.15, -0.1) is 0 Å². The zero-order chi connectivity index (χ0) is 11.3. The van der Waals surface area contributed by atoms with Gasteiger partial charge in [-0.1, -0.05) is 17.2 Å². The molecule has 1 rings (SSSR count). The summed E-state index contributed by atoms with van der Waals surface area (Å²) in [6, 6.07) is 7.01. The van der Waals surface area contributed by atoms with Gasteiger partial charge in [-0.25, -0.2) is 0 Å². The lowest BCUT2D eigenvalue weighted by Gasteiger charge is -2.05. The van der Waals surface area contributed by atoms with E-state index in [1.807, 2.05) is 26.0 Å². The number of hydrogen-bond acceptors (Lipinski definition) is 2. The lowest BCUT2D eigenvalue weighted by atomic mass is 10.2. The van der Waals surface area contributed by atoms with Crippen LogP contribution in [0.1, 0.15) is 19.4 Å². The molecule has 0 radical (unpaired) electrons. The van der Waals surface area contributed by atoms with Crippen molar-refractivity contribution in [3.63, 3.8) is 0 Å². The summed E-state index contributed by atoms with van der Waals surface area (Å²) in [6.07, 6.45) is 1.97. The van der Waals surface area contributed by atoms with Gasteiger partial charge >= 0.3 is 0 Å². The fourth-order valence-corrected chi connectivity index (χ4v) is 1.22. The molecule has 15 heavy (non-hydrogen) atoms. The van der Waals surface area contributed by atoms with Crippen molar-refractivity contribution in [1.82, 2.24) is 0 Å². The molecule has 0 aliphatic carbocycles. The van der Waals surface area contributed by atoms with Crippen molar-refractivity contribution in [3.8, 4) is 11.8 Å². The van der Waals surface area contributed by atoms with Crippen molar-refractivity contribution in [2.45, 2.75) is 13.8 Å². The van der Waals surface area contributed by atoms with Crippen molar-refractivity contribution < 1.29 is 4.74 Å². The lowest BCUT2D eigenvalue weighted by molar-refractivity contribution is 0.362. The van der Waals surface area contributed by atoms with Crippen LogP contribution in [-0.2, 0) is 0 Å². The topological polar surface area (TPSA) is 33.0 Å². The number of nitrogens with zero attached hydrogens (tertiary/aromatic N) is 1. The SMILES string of the molecule is CC(C)=CCOc1ccc(C#N)cc1Cl. The summed E-state index contributed by atoms with van der Waals surface area (Å²) in [4.78, 5) is 0. The Morgan fingerprint density at radius 1 is 1.53 bits per heavy atom. The van der Waals surface area contributed by atoms with Crippen molar-refractivity contribution >= 4 is 11.6 Å². The summed E-state index contributed by atoms with van der Waals surface area (Å²) in [6.45, 7) is 4.50. The van der Waals surface area contributed by atoms with Crippen LogP contribution in [0.15, 0.2) is 29.8 Å². The van der Waals surface area contributed by atoms with Gasteiger partial charge in [0.25, 0.3) is 0 Å². The Morgan fingerprint density at radius 2 is 2.27 bits per heavy atom. The monoisotopic (exact) mass is 221 g/mol. The molecule has 0 unspecified atom stereocenters. The highest BCUT2D eigenvalue weighted by atomic mass is 35.5. The molecule has 0 aliphatic rings. The van der Waals surface area contributed by atoms with E-state index in [1.54, 1.807) is 18.2 Å². The smallest absolute Gasteiger partial charge is 0.138 e. The van der Waals surface area contributed by atoms with Gasteiger partial charge in [-0.3, -0.25) is 0 Å². The first-order valence-corrected chi connectivity index (χ1v) is 4.97. The van der Waals surface area contributed by atoms with E-state index >= 15 is 0 Å². The lowest BCUT2D eigenvalue weighted by Crippen LogP contribution is -1.94. The fraction of sp³-hybridized carbons (Fsp3) is 0.250. The molecule has 1 aromatic carbocycles. The average molecular weight is 222 g/mol. The first-order chi connectivity index (χ1) is 7.13. The molecule has 0 amide bonds. The number of halogens is 1. The van der Waals surface area contributed by atoms with E-state index < -0.39 is 0 Å². The Morgan fingerprint density at radius 3 is 2.80 bits per heavy atom. The maximum absolute atomic E-state index is 8.64. The number of nitriles is 1. The van der Waals surface area contributed by atoms with E-state index in [0.717, 1.165) is 0 Å². The Hall–Kier alpha value is -1.46. The van der Waals surface area contributed by atoms with Crippen LogP contribution in [0.4, 0.5) is 0 Å². The molecule has 0 aromatic heterocycles. The maximum Gasteiger partial charge on any atom is 0.138 e. The summed E-state index contributed by atoms with van der Waals surface area (Å²) < 4.78 is 5.43. The summed E-state index contributed by atoms with van der Waals surface area (Å²) >= 11 is 5.93. The number of allylic oxidation sites excluding steroid dienone is 1. The molecule has 0 saturated heterocycles. The van der Waals surface area contributed by atoms with Gasteiger partial charge in [-0.2, -0.15) is 5.26 Å². The molecule has 1 aromatic rings. The molecule has 0 saturated carbocycles. The van der Waals surface area contributed by atoms with Crippen LogP contribution in [0, 0.1) is 11.3 Å². The van der Waals surface area contributed by atoms with Gasteiger partial charge in [0.1, 0.15) is 12.4 Å². The molecular formula is C12H12ClNO. The summed E-state index contributed by atoms with van der Waals surface area (Å²) in [5.74, 6) is 0.605. The highest BCUT2D eigenvalue weighted by Gasteiger charge is 2.01. The number of ether oxygens (including phenoxy) is 1. The minimum atomic E-state index is 0.469. The van der Waals surface area contributed by atoms with Crippen LogP contribution >= 0.6 is 11.6 Å². The summed E-state index contributed by atoms with van der Waals surface area (Å²) in [5, 5.41) is 9.11. The molecule has 78 valence electrons. The Bertz CT molecular complexity index is 414.